The van der Waals surface area contributed by atoms with Crippen LogP contribution in [0.15, 0.2) is 42.5 Å². The Morgan fingerprint density at radius 2 is 1.90 bits per heavy atom. The molecule has 1 aliphatic rings. The summed E-state index contributed by atoms with van der Waals surface area (Å²) in [5, 5.41) is 3.51. The highest BCUT2D eigenvalue weighted by Gasteiger charge is 2.26. The summed E-state index contributed by atoms with van der Waals surface area (Å²) in [6.07, 6.45) is 1.62. The number of carbonyl (C=O) groups is 2. The van der Waals surface area contributed by atoms with Crippen molar-refractivity contribution in [1.29, 1.82) is 0 Å². The van der Waals surface area contributed by atoms with Crippen molar-refractivity contribution in [2.75, 3.05) is 19.6 Å². The highest BCUT2D eigenvalue weighted by Crippen LogP contribution is 2.33. The van der Waals surface area contributed by atoms with Crippen LogP contribution in [0.4, 0.5) is 8.78 Å². The Morgan fingerprint density at radius 1 is 1.14 bits per heavy atom. The maximum absolute atomic E-state index is 13.7. The van der Waals surface area contributed by atoms with Gasteiger partial charge in [0.2, 0.25) is 5.91 Å². The summed E-state index contributed by atoms with van der Waals surface area (Å²) >= 11 is 1.69. The molecule has 8 heteroatoms. The summed E-state index contributed by atoms with van der Waals surface area (Å²) in [5.74, 6) is -2.35. The van der Waals surface area contributed by atoms with Crippen LogP contribution in [0.1, 0.15) is 34.1 Å². The molecule has 2 amide bonds. The number of fused-ring (bicyclic) bond motifs is 1. The quantitative estimate of drug-likeness (QED) is 0.707. The molecule has 1 saturated heterocycles. The second-order valence-corrected chi connectivity index (χ2v) is 8.04. The molecule has 29 heavy (non-hydrogen) atoms. The number of aromatic nitrogens is 1. The number of para-hydroxylation sites is 1. The van der Waals surface area contributed by atoms with Gasteiger partial charge in [-0.1, -0.05) is 12.1 Å². The van der Waals surface area contributed by atoms with E-state index < -0.39 is 17.5 Å². The predicted octanol–water partition coefficient (Wildman–Crippen LogP) is 3.71. The van der Waals surface area contributed by atoms with Gasteiger partial charge in [-0.05, 0) is 37.1 Å². The van der Waals surface area contributed by atoms with Crippen LogP contribution < -0.4 is 5.32 Å². The van der Waals surface area contributed by atoms with Crippen molar-refractivity contribution in [3.63, 3.8) is 0 Å². The van der Waals surface area contributed by atoms with E-state index in [2.05, 4.69) is 11.4 Å². The fourth-order valence-electron chi connectivity index (χ4n) is 3.48. The molecule has 0 radical (unpaired) electrons. The third kappa shape index (κ3) is 4.27. The smallest absolute Gasteiger partial charge is 0.254 e. The highest BCUT2D eigenvalue weighted by molar-refractivity contribution is 7.18. The van der Waals surface area contributed by atoms with E-state index in [0.717, 1.165) is 40.2 Å². The summed E-state index contributed by atoms with van der Waals surface area (Å²) in [6.45, 7) is 0.946. The summed E-state index contributed by atoms with van der Waals surface area (Å²) in [6, 6.07) is 10.7. The van der Waals surface area contributed by atoms with Crippen LogP contribution in [0, 0.1) is 11.6 Å². The van der Waals surface area contributed by atoms with E-state index in [-0.39, 0.29) is 18.0 Å². The van der Waals surface area contributed by atoms with Gasteiger partial charge in [0.1, 0.15) is 11.6 Å². The molecule has 1 fully saturated rings. The fraction of sp³-hybridized carbons (Fsp3) is 0.286. The Bertz CT molecular complexity index is 1030. The monoisotopic (exact) mass is 415 g/mol. The molecule has 150 valence electrons. The molecule has 1 N–H and O–H groups in total. The Morgan fingerprint density at radius 3 is 2.62 bits per heavy atom. The van der Waals surface area contributed by atoms with Gasteiger partial charge in [0, 0.05) is 25.1 Å². The number of nitrogens with one attached hydrogen (secondary N) is 1. The van der Waals surface area contributed by atoms with Crippen LogP contribution in [0.3, 0.4) is 0 Å². The molecule has 1 aromatic heterocycles. The number of likely N-dealkylation sites (tertiary alicyclic amines) is 1. The lowest BCUT2D eigenvalue weighted by Gasteiger charge is -2.31. The Hall–Kier alpha value is -2.87. The standard InChI is InChI=1S/C21H19F2N3O2S/c22-14-5-6-15(16(23)11-14)20(28)24-12-19(27)26-9-7-13(8-10-26)21-25-17-3-1-2-4-18(17)29-21/h1-6,11,13H,7-10,12H2,(H,24,28). The van der Waals surface area contributed by atoms with E-state index in [0.29, 0.717) is 25.1 Å². The minimum atomic E-state index is -0.952. The number of carbonyl (C=O) groups excluding carboxylic acids is 2. The van der Waals surface area contributed by atoms with Gasteiger partial charge in [0.15, 0.2) is 0 Å². The van der Waals surface area contributed by atoms with Crippen LogP contribution in [0.5, 0.6) is 0 Å². The van der Waals surface area contributed by atoms with Gasteiger partial charge in [0.05, 0.1) is 27.3 Å². The first-order chi connectivity index (χ1) is 14.0. The van der Waals surface area contributed by atoms with Gasteiger partial charge < -0.3 is 10.2 Å². The fourth-order valence-corrected chi connectivity index (χ4v) is 4.61. The number of hydrogen-bond donors (Lipinski definition) is 1. The first kappa shape index (κ1) is 19.4. The van der Waals surface area contributed by atoms with Gasteiger partial charge in [-0.3, -0.25) is 9.59 Å². The van der Waals surface area contributed by atoms with E-state index in [1.165, 1.54) is 0 Å². The lowest BCUT2D eigenvalue weighted by molar-refractivity contribution is -0.131. The summed E-state index contributed by atoms with van der Waals surface area (Å²) in [7, 11) is 0. The molecule has 0 atom stereocenters. The zero-order chi connectivity index (χ0) is 20.4. The lowest BCUT2D eigenvalue weighted by atomic mass is 9.97. The molecular weight excluding hydrogens is 396 g/mol. The molecule has 1 aliphatic heterocycles. The number of benzene rings is 2. The SMILES string of the molecule is O=C(NCC(=O)N1CCC(c2nc3ccccc3s2)CC1)c1ccc(F)cc1F. The van der Waals surface area contributed by atoms with Gasteiger partial charge in [-0.15, -0.1) is 11.3 Å². The van der Waals surface area contributed by atoms with E-state index in [4.69, 9.17) is 4.98 Å². The zero-order valence-corrected chi connectivity index (χ0v) is 16.3. The number of thiazole rings is 1. The molecule has 0 unspecified atom stereocenters. The van der Waals surface area contributed by atoms with E-state index >= 15 is 0 Å². The summed E-state index contributed by atoms with van der Waals surface area (Å²) in [4.78, 5) is 30.8. The molecular formula is C21H19F2N3O2S. The van der Waals surface area contributed by atoms with E-state index in [1.807, 2.05) is 18.2 Å². The average Bonchev–Trinajstić information content (AvgIpc) is 3.16. The molecule has 4 rings (SSSR count). The highest BCUT2D eigenvalue weighted by atomic mass is 32.1. The van der Waals surface area contributed by atoms with Crippen LogP contribution >= 0.6 is 11.3 Å². The third-order valence-corrected chi connectivity index (χ3v) is 6.28. The topological polar surface area (TPSA) is 62.3 Å². The van der Waals surface area contributed by atoms with Crippen LogP contribution in [-0.2, 0) is 4.79 Å². The molecule has 3 aromatic rings. The lowest BCUT2D eigenvalue weighted by Crippen LogP contribution is -2.43. The van der Waals surface area contributed by atoms with Gasteiger partial charge >= 0.3 is 0 Å². The zero-order valence-electron chi connectivity index (χ0n) is 15.5. The normalized spacial score (nSPS) is 14.9. The van der Waals surface area contributed by atoms with Crippen molar-refractivity contribution in [3.05, 3.63) is 64.7 Å². The van der Waals surface area contributed by atoms with Crippen molar-refractivity contribution in [2.45, 2.75) is 18.8 Å². The molecule has 0 saturated carbocycles. The first-order valence-electron chi connectivity index (χ1n) is 9.38. The largest absolute Gasteiger partial charge is 0.343 e. The van der Waals surface area contributed by atoms with Crippen LogP contribution in [0.2, 0.25) is 0 Å². The number of piperidine rings is 1. The number of nitrogens with zero attached hydrogens (tertiary/aromatic N) is 2. The van der Waals surface area contributed by atoms with Crippen molar-refractivity contribution >= 4 is 33.4 Å². The van der Waals surface area contributed by atoms with E-state index in [9.17, 15) is 18.4 Å². The maximum atomic E-state index is 13.7. The second-order valence-electron chi connectivity index (χ2n) is 6.98. The first-order valence-corrected chi connectivity index (χ1v) is 10.2. The van der Waals surface area contributed by atoms with Crippen molar-refractivity contribution < 1.29 is 18.4 Å². The van der Waals surface area contributed by atoms with Crippen molar-refractivity contribution in [1.82, 2.24) is 15.2 Å². The minimum absolute atomic E-state index is 0.219. The van der Waals surface area contributed by atoms with Crippen LogP contribution in [-0.4, -0.2) is 41.3 Å². The summed E-state index contributed by atoms with van der Waals surface area (Å²) < 4.78 is 27.8. The molecule has 5 nitrogen and oxygen atoms in total. The van der Waals surface area contributed by atoms with Gasteiger partial charge in [0.25, 0.3) is 5.91 Å². The number of amides is 2. The number of halogens is 2. The molecule has 0 bridgehead atoms. The van der Waals surface area contributed by atoms with Crippen molar-refractivity contribution in [3.8, 4) is 0 Å². The predicted molar refractivity (Wildman–Crippen MR) is 107 cm³/mol. The Balaban J connectivity index is 1.30. The Kier molecular flexibility index (Phi) is 5.53. The number of rotatable bonds is 4. The second kappa shape index (κ2) is 8.24. The number of hydrogen-bond acceptors (Lipinski definition) is 4. The van der Waals surface area contributed by atoms with Gasteiger partial charge in [-0.25, -0.2) is 13.8 Å². The molecule has 2 aromatic carbocycles. The molecule has 2 heterocycles. The average molecular weight is 415 g/mol. The Labute approximate surface area is 170 Å². The summed E-state index contributed by atoms with van der Waals surface area (Å²) in [5.41, 5.74) is 0.718. The minimum Gasteiger partial charge on any atom is -0.343 e. The maximum Gasteiger partial charge on any atom is 0.254 e. The van der Waals surface area contributed by atoms with Crippen molar-refractivity contribution in [2.24, 2.45) is 0 Å². The van der Waals surface area contributed by atoms with Crippen LogP contribution in [0.25, 0.3) is 10.2 Å². The molecule has 0 spiro atoms. The molecule has 0 aliphatic carbocycles. The van der Waals surface area contributed by atoms with Gasteiger partial charge in [-0.2, -0.15) is 0 Å². The third-order valence-electron chi connectivity index (χ3n) is 5.08. The van der Waals surface area contributed by atoms with E-state index in [1.54, 1.807) is 16.2 Å².